The van der Waals surface area contributed by atoms with Gasteiger partial charge in [0.15, 0.2) is 0 Å². The Morgan fingerprint density at radius 3 is 2.88 bits per heavy atom. The molecule has 24 heavy (non-hydrogen) atoms. The second-order valence-electron chi connectivity index (χ2n) is 6.38. The standard InChI is InChI=1S/C17H22IN3O3/c1-4-11-8-23-15-6-5-12(18)7-13(15)16(11)19-20-21-14(10(2)3)9-24-17(21)22/h4-7,10-11,14,16,19-20H,1,8-9H2,2-3H3/t11-,14+,16-/m0/s1. The Labute approximate surface area is 155 Å². The highest BCUT2D eigenvalue weighted by atomic mass is 127. The predicted octanol–water partition coefficient (Wildman–Crippen LogP) is 3.01. The van der Waals surface area contributed by atoms with E-state index in [9.17, 15) is 4.79 Å². The molecule has 2 heterocycles. The average molecular weight is 443 g/mol. The van der Waals surface area contributed by atoms with Gasteiger partial charge in [-0.25, -0.2) is 15.2 Å². The minimum absolute atomic E-state index is 0.00222. The van der Waals surface area contributed by atoms with E-state index < -0.39 is 0 Å². The van der Waals surface area contributed by atoms with Crippen LogP contribution in [-0.4, -0.2) is 30.4 Å². The Bertz CT molecular complexity index is 638. The van der Waals surface area contributed by atoms with Gasteiger partial charge in [-0.05, 0) is 46.7 Å². The van der Waals surface area contributed by atoms with Crippen LogP contribution in [0, 0.1) is 15.4 Å². The van der Waals surface area contributed by atoms with Crippen LogP contribution in [0.25, 0.3) is 0 Å². The number of rotatable bonds is 5. The summed E-state index contributed by atoms with van der Waals surface area (Å²) in [6, 6.07) is 6.05. The van der Waals surface area contributed by atoms with E-state index in [0.717, 1.165) is 14.9 Å². The minimum Gasteiger partial charge on any atom is -0.493 e. The summed E-state index contributed by atoms with van der Waals surface area (Å²) in [5.41, 5.74) is 7.40. The van der Waals surface area contributed by atoms with Crippen LogP contribution >= 0.6 is 22.6 Å². The van der Waals surface area contributed by atoms with Crippen LogP contribution in [0.1, 0.15) is 25.5 Å². The normalized spacial score (nSPS) is 26.1. The molecule has 7 heteroatoms. The maximum Gasteiger partial charge on any atom is 0.425 e. The molecule has 0 bridgehead atoms. The van der Waals surface area contributed by atoms with E-state index in [4.69, 9.17) is 9.47 Å². The number of halogens is 1. The summed E-state index contributed by atoms with van der Waals surface area (Å²) in [5.74, 6) is 1.25. The summed E-state index contributed by atoms with van der Waals surface area (Å²) in [6.07, 6.45) is 1.52. The van der Waals surface area contributed by atoms with Crippen molar-refractivity contribution in [2.75, 3.05) is 13.2 Å². The Balaban J connectivity index is 1.79. The van der Waals surface area contributed by atoms with Crippen LogP contribution in [0.15, 0.2) is 30.9 Å². The first-order chi connectivity index (χ1) is 11.5. The topological polar surface area (TPSA) is 62.8 Å². The zero-order chi connectivity index (χ0) is 17.3. The fraction of sp³-hybridized carbons (Fsp3) is 0.471. The fourth-order valence-corrected chi connectivity index (χ4v) is 3.51. The zero-order valence-electron chi connectivity index (χ0n) is 13.8. The number of benzene rings is 1. The molecule has 1 fully saturated rings. The van der Waals surface area contributed by atoms with Crippen LogP contribution in [0.4, 0.5) is 4.79 Å². The molecule has 1 aromatic carbocycles. The lowest BCUT2D eigenvalue weighted by molar-refractivity contribution is 0.0986. The molecule has 2 N–H and O–H groups in total. The third kappa shape index (κ3) is 3.38. The van der Waals surface area contributed by atoms with Gasteiger partial charge in [0.2, 0.25) is 0 Å². The lowest BCUT2D eigenvalue weighted by atomic mass is 9.91. The molecule has 0 aromatic heterocycles. The molecule has 0 unspecified atom stereocenters. The molecule has 2 aliphatic rings. The van der Waals surface area contributed by atoms with Gasteiger partial charge in [0.25, 0.3) is 0 Å². The van der Waals surface area contributed by atoms with E-state index in [1.807, 2.05) is 18.2 Å². The SMILES string of the molecule is C=C[C@H]1COc2ccc(I)cc2[C@H]1NNN1C(=O)OC[C@@H]1C(C)C. The third-order valence-corrected chi connectivity index (χ3v) is 5.16. The summed E-state index contributed by atoms with van der Waals surface area (Å²) >= 11 is 2.28. The van der Waals surface area contributed by atoms with Crippen molar-refractivity contribution >= 4 is 28.7 Å². The number of hydrogen-bond donors (Lipinski definition) is 2. The average Bonchev–Trinajstić information content (AvgIpc) is 2.93. The Kier molecular flexibility index (Phi) is 5.31. The number of hydrogen-bond acceptors (Lipinski definition) is 5. The molecule has 3 rings (SSSR count). The number of amides is 1. The first kappa shape index (κ1) is 17.5. The predicted molar refractivity (Wildman–Crippen MR) is 99.2 cm³/mol. The zero-order valence-corrected chi connectivity index (χ0v) is 15.9. The van der Waals surface area contributed by atoms with Crippen molar-refractivity contribution in [1.29, 1.82) is 0 Å². The molecule has 2 aliphatic heterocycles. The van der Waals surface area contributed by atoms with Crippen molar-refractivity contribution in [1.82, 2.24) is 16.0 Å². The first-order valence-electron chi connectivity index (χ1n) is 8.03. The van der Waals surface area contributed by atoms with Gasteiger partial charge < -0.3 is 9.47 Å². The number of nitrogens with one attached hydrogen (secondary N) is 2. The van der Waals surface area contributed by atoms with Gasteiger partial charge >= 0.3 is 6.09 Å². The van der Waals surface area contributed by atoms with Crippen molar-refractivity contribution < 1.29 is 14.3 Å². The van der Waals surface area contributed by atoms with Crippen LogP contribution in [-0.2, 0) is 4.74 Å². The lowest BCUT2D eigenvalue weighted by Crippen LogP contribution is -2.55. The number of carbonyl (C=O) groups is 1. The number of fused-ring (bicyclic) bond motifs is 1. The highest BCUT2D eigenvalue weighted by Gasteiger charge is 2.37. The summed E-state index contributed by atoms with van der Waals surface area (Å²) < 4.78 is 12.1. The second-order valence-corrected chi connectivity index (χ2v) is 7.63. The summed E-state index contributed by atoms with van der Waals surface area (Å²) in [6.45, 7) is 9.00. The van der Waals surface area contributed by atoms with Gasteiger partial charge in [0, 0.05) is 15.1 Å². The molecule has 0 radical (unpaired) electrons. The molecule has 1 amide bonds. The van der Waals surface area contributed by atoms with Crippen LogP contribution in [0.3, 0.4) is 0 Å². The number of hydrazine groups is 2. The van der Waals surface area contributed by atoms with Crippen LogP contribution < -0.4 is 15.7 Å². The van der Waals surface area contributed by atoms with E-state index in [-0.39, 0.29) is 24.1 Å². The highest BCUT2D eigenvalue weighted by Crippen LogP contribution is 2.36. The van der Waals surface area contributed by atoms with Crippen molar-refractivity contribution in [2.45, 2.75) is 25.9 Å². The molecule has 6 nitrogen and oxygen atoms in total. The van der Waals surface area contributed by atoms with Crippen molar-refractivity contribution in [3.63, 3.8) is 0 Å². The van der Waals surface area contributed by atoms with E-state index >= 15 is 0 Å². The lowest BCUT2D eigenvalue weighted by Gasteiger charge is -2.35. The van der Waals surface area contributed by atoms with E-state index in [0.29, 0.717) is 19.1 Å². The quantitative estimate of drug-likeness (QED) is 0.416. The molecular formula is C17H22IN3O3. The molecule has 1 aromatic rings. The monoisotopic (exact) mass is 443 g/mol. The molecular weight excluding hydrogens is 421 g/mol. The molecule has 130 valence electrons. The second kappa shape index (κ2) is 7.28. The Morgan fingerprint density at radius 1 is 1.38 bits per heavy atom. The summed E-state index contributed by atoms with van der Waals surface area (Å²) in [5, 5.41) is 1.54. The number of cyclic esters (lactones) is 1. The van der Waals surface area contributed by atoms with E-state index in [1.54, 1.807) is 0 Å². The van der Waals surface area contributed by atoms with Gasteiger partial charge in [-0.3, -0.25) is 0 Å². The smallest absolute Gasteiger partial charge is 0.425 e. The van der Waals surface area contributed by atoms with E-state index in [1.165, 1.54) is 5.01 Å². The number of nitrogens with zero attached hydrogens (tertiary/aromatic N) is 1. The van der Waals surface area contributed by atoms with Crippen molar-refractivity contribution in [3.05, 3.63) is 40.0 Å². The molecule has 0 spiro atoms. The fourth-order valence-electron chi connectivity index (χ4n) is 2.99. The molecule has 1 saturated heterocycles. The van der Waals surface area contributed by atoms with Gasteiger partial charge in [0.05, 0.1) is 18.7 Å². The number of ether oxygens (including phenoxy) is 2. The molecule has 0 aliphatic carbocycles. The van der Waals surface area contributed by atoms with Gasteiger partial charge in [-0.2, -0.15) is 5.53 Å². The Hall–Kier alpha value is -1.32. The highest BCUT2D eigenvalue weighted by molar-refractivity contribution is 14.1. The summed E-state index contributed by atoms with van der Waals surface area (Å²) in [7, 11) is 0. The van der Waals surface area contributed by atoms with Gasteiger partial charge in [0.1, 0.15) is 12.4 Å². The molecule has 3 atom stereocenters. The van der Waals surface area contributed by atoms with E-state index in [2.05, 4.69) is 60.0 Å². The van der Waals surface area contributed by atoms with Crippen molar-refractivity contribution in [2.24, 2.45) is 11.8 Å². The van der Waals surface area contributed by atoms with Gasteiger partial charge in [-0.15, -0.1) is 6.58 Å². The number of carbonyl (C=O) groups excluding carboxylic acids is 1. The largest absolute Gasteiger partial charge is 0.493 e. The minimum atomic E-state index is -0.355. The maximum absolute atomic E-state index is 12.0. The molecule has 0 saturated carbocycles. The summed E-state index contributed by atoms with van der Waals surface area (Å²) in [4.78, 5) is 12.0. The van der Waals surface area contributed by atoms with Crippen molar-refractivity contribution in [3.8, 4) is 5.75 Å². The van der Waals surface area contributed by atoms with Crippen LogP contribution in [0.5, 0.6) is 5.75 Å². The first-order valence-corrected chi connectivity index (χ1v) is 9.11. The third-order valence-electron chi connectivity index (χ3n) is 4.49. The Morgan fingerprint density at radius 2 is 2.17 bits per heavy atom. The van der Waals surface area contributed by atoms with Gasteiger partial charge in [-0.1, -0.05) is 19.9 Å². The van der Waals surface area contributed by atoms with Crippen LogP contribution in [0.2, 0.25) is 0 Å². The maximum atomic E-state index is 12.0.